The van der Waals surface area contributed by atoms with Crippen molar-refractivity contribution in [2.24, 2.45) is 0 Å². The molecule has 11 rings (SSSR count). The zero-order chi connectivity index (χ0) is 38.4. The molecule has 6 heteroatoms. The quantitative estimate of drug-likeness (QED) is 0.162. The number of para-hydroxylation sites is 3. The highest BCUT2D eigenvalue weighted by atomic mass is 32.1. The number of imidazole rings is 1. The van der Waals surface area contributed by atoms with Gasteiger partial charge in [0.15, 0.2) is 17.5 Å². The van der Waals surface area contributed by atoms with E-state index in [0.29, 0.717) is 17.5 Å². The fraction of sp³-hybridized carbons (Fsp3) is 0. The van der Waals surface area contributed by atoms with Crippen molar-refractivity contribution < 1.29 is 0 Å². The molecule has 0 N–H and O–H groups in total. The van der Waals surface area contributed by atoms with Gasteiger partial charge in [0, 0.05) is 48.1 Å². The Kier molecular flexibility index (Phi) is 8.26. The van der Waals surface area contributed by atoms with Gasteiger partial charge in [0.05, 0.1) is 11.0 Å². The normalized spacial score (nSPS) is 11.4. The van der Waals surface area contributed by atoms with Gasteiger partial charge < -0.3 is 0 Å². The molecule has 0 fully saturated rings. The number of aromatic nitrogens is 5. The third-order valence-electron chi connectivity index (χ3n) is 10.7. The number of thiophene rings is 1. The highest BCUT2D eigenvalue weighted by Gasteiger charge is 2.23. The maximum Gasteiger partial charge on any atom is 0.165 e. The highest BCUT2D eigenvalue weighted by molar-refractivity contribution is 7.27. The van der Waals surface area contributed by atoms with Crippen LogP contribution in [0, 0.1) is 0 Å². The molecule has 0 aliphatic rings. The van der Waals surface area contributed by atoms with E-state index in [-0.39, 0.29) is 0 Å². The number of hydrogen-bond donors (Lipinski definition) is 0. The molecule has 0 radical (unpaired) electrons. The van der Waals surface area contributed by atoms with Crippen LogP contribution in [0.3, 0.4) is 0 Å². The number of benzene rings is 8. The van der Waals surface area contributed by atoms with Crippen LogP contribution in [0.4, 0.5) is 0 Å². The second-order valence-corrected chi connectivity index (χ2v) is 15.2. The molecule has 11 aromatic rings. The first kappa shape index (κ1) is 33.8. The van der Waals surface area contributed by atoms with Gasteiger partial charge in [-0.3, -0.25) is 4.57 Å². The van der Waals surface area contributed by atoms with Crippen LogP contribution >= 0.6 is 11.3 Å². The van der Waals surface area contributed by atoms with E-state index in [2.05, 4.69) is 180 Å². The number of hydrogen-bond acceptors (Lipinski definition) is 5. The summed E-state index contributed by atoms with van der Waals surface area (Å²) in [5.74, 6) is 2.79. The molecule has 272 valence electrons. The minimum absolute atomic E-state index is 0.629. The Bertz CT molecular complexity index is 3250. The van der Waals surface area contributed by atoms with Gasteiger partial charge in [0.2, 0.25) is 0 Å². The molecule has 0 amide bonds. The zero-order valence-corrected chi connectivity index (χ0v) is 32.0. The lowest BCUT2D eigenvalue weighted by Gasteiger charge is -2.12. The smallest absolute Gasteiger partial charge is 0.165 e. The molecule has 8 aromatic carbocycles. The molecule has 0 atom stereocenters. The molecule has 0 aliphatic carbocycles. The average molecular weight is 760 g/mol. The van der Waals surface area contributed by atoms with Crippen molar-refractivity contribution in [2.45, 2.75) is 0 Å². The van der Waals surface area contributed by atoms with Crippen molar-refractivity contribution >= 4 is 42.5 Å². The Morgan fingerprint density at radius 3 is 1.59 bits per heavy atom. The highest BCUT2D eigenvalue weighted by Crippen LogP contribution is 2.48. The molecule has 3 aromatic heterocycles. The van der Waals surface area contributed by atoms with Crippen molar-refractivity contribution in [3.8, 4) is 73.5 Å². The molecule has 0 aliphatic heterocycles. The van der Waals surface area contributed by atoms with Gasteiger partial charge in [-0.15, -0.1) is 11.3 Å². The van der Waals surface area contributed by atoms with Crippen LogP contribution in [0.1, 0.15) is 0 Å². The summed E-state index contributed by atoms with van der Waals surface area (Å²) in [5.41, 5.74) is 11.6. The molecule has 0 bridgehead atoms. The lowest BCUT2D eigenvalue weighted by molar-refractivity contribution is 1.08. The first-order valence-corrected chi connectivity index (χ1v) is 20.1. The van der Waals surface area contributed by atoms with Gasteiger partial charge in [-0.1, -0.05) is 164 Å². The molecular formula is C52H33N5S. The van der Waals surface area contributed by atoms with Crippen LogP contribution in [-0.2, 0) is 0 Å². The minimum atomic E-state index is 0.629. The molecule has 0 spiro atoms. The van der Waals surface area contributed by atoms with Gasteiger partial charge in [-0.05, 0) is 58.7 Å². The van der Waals surface area contributed by atoms with Gasteiger partial charge in [0.25, 0.3) is 0 Å². The second-order valence-electron chi connectivity index (χ2n) is 14.2. The number of nitrogens with zero attached hydrogens (tertiary/aromatic N) is 5. The maximum atomic E-state index is 5.32. The predicted molar refractivity (Wildman–Crippen MR) is 240 cm³/mol. The van der Waals surface area contributed by atoms with Gasteiger partial charge >= 0.3 is 0 Å². The molecule has 3 heterocycles. The fourth-order valence-corrected chi connectivity index (χ4v) is 9.29. The lowest BCUT2D eigenvalue weighted by Crippen LogP contribution is -2.00. The molecule has 5 nitrogen and oxygen atoms in total. The minimum Gasteiger partial charge on any atom is -0.292 e. The van der Waals surface area contributed by atoms with E-state index in [4.69, 9.17) is 19.9 Å². The third kappa shape index (κ3) is 5.86. The van der Waals surface area contributed by atoms with Crippen molar-refractivity contribution in [3.05, 3.63) is 200 Å². The molecule has 0 unspecified atom stereocenters. The largest absolute Gasteiger partial charge is 0.292 e. The van der Waals surface area contributed by atoms with Crippen LogP contribution in [-0.4, -0.2) is 24.5 Å². The Morgan fingerprint density at radius 2 is 0.879 bits per heavy atom. The second kappa shape index (κ2) is 14.2. The van der Waals surface area contributed by atoms with E-state index >= 15 is 0 Å². The SMILES string of the molecule is c1ccc(-c2ccc(-c3nc(-c4ccccc4)nc(-c4cccc5c4sc4c(-c6nc7ccccc7n6-c6ccccc6)ccc(-c6ccccc6)c45)n3)cc2)cc1. The van der Waals surface area contributed by atoms with Crippen molar-refractivity contribution in [2.75, 3.05) is 0 Å². The Hall–Kier alpha value is -7.54. The van der Waals surface area contributed by atoms with Gasteiger partial charge in [-0.2, -0.15) is 0 Å². The van der Waals surface area contributed by atoms with E-state index in [1.807, 2.05) is 24.3 Å². The van der Waals surface area contributed by atoms with E-state index in [0.717, 1.165) is 70.7 Å². The van der Waals surface area contributed by atoms with E-state index < -0.39 is 0 Å². The summed E-state index contributed by atoms with van der Waals surface area (Å²) < 4.78 is 4.55. The lowest BCUT2D eigenvalue weighted by atomic mass is 9.96. The van der Waals surface area contributed by atoms with Crippen LogP contribution in [0.25, 0.3) is 105 Å². The van der Waals surface area contributed by atoms with Crippen LogP contribution in [0.5, 0.6) is 0 Å². The third-order valence-corrected chi connectivity index (χ3v) is 12.0. The topological polar surface area (TPSA) is 56.5 Å². The average Bonchev–Trinajstić information content (AvgIpc) is 3.90. The Morgan fingerprint density at radius 1 is 0.345 bits per heavy atom. The summed E-state index contributed by atoms with van der Waals surface area (Å²) in [6, 6.07) is 69.6. The summed E-state index contributed by atoms with van der Waals surface area (Å²) in [5, 5.41) is 2.34. The number of rotatable bonds is 7. The molecular weight excluding hydrogens is 727 g/mol. The summed E-state index contributed by atoms with van der Waals surface area (Å²) in [7, 11) is 0. The summed E-state index contributed by atoms with van der Waals surface area (Å²) >= 11 is 1.78. The summed E-state index contributed by atoms with van der Waals surface area (Å²) in [4.78, 5) is 20.8. The maximum absolute atomic E-state index is 5.32. The van der Waals surface area contributed by atoms with Crippen molar-refractivity contribution in [3.63, 3.8) is 0 Å². The van der Waals surface area contributed by atoms with Crippen LogP contribution in [0.2, 0.25) is 0 Å². The standard InChI is InChI=1S/C52H33N5S/c1-5-16-34(17-6-1)35-28-30-38(31-29-35)50-54-49(37-20-9-3-10-21-37)55-51(56-50)42-25-15-24-41-46-40(36-18-7-2-8-19-36)32-33-43(48(46)58-47(41)42)52-53-44-26-13-14-27-45(44)57(52)39-22-11-4-12-23-39/h1-33H. The zero-order valence-electron chi connectivity index (χ0n) is 31.2. The van der Waals surface area contributed by atoms with Crippen LogP contribution < -0.4 is 0 Å². The van der Waals surface area contributed by atoms with E-state index in [1.54, 1.807) is 11.3 Å². The predicted octanol–water partition coefficient (Wildman–Crippen LogP) is 13.6. The monoisotopic (exact) mass is 759 g/mol. The molecule has 0 saturated carbocycles. The summed E-state index contributed by atoms with van der Waals surface area (Å²) in [6.45, 7) is 0. The van der Waals surface area contributed by atoms with E-state index in [1.165, 1.54) is 16.5 Å². The molecule has 58 heavy (non-hydrogen) atoms. The number of fused-ring (bicyclic) bond motifs is 4. The van der Waals surface area contributed by atoms with Crippen molar-refractivity contribution in [1.29, 1.82) is 0 Å². The first-order chi connectivity index (χ1) is 28.8. The fourth-order valence-electron chi connectivity index (χ4n) is 7.94. The van der Waals surface area contributed by atoms with Crippen LogP contribution in [0.15, 0.2) is 200 Å². The van der Waals surface area contributed by atoms with Gasteiger partial charge in [0.1, 0.15) is 5.82 Å². The van der Waals surface area contributed by atoms with E-state index in [9.17, 15) is 0 Å². The van der Waals surface area contributed by atoms with Crippen molar-refractivity contribution in [1.82, 2.24) is 24.5 Å². The first-order valence-electron chi connectivity index (χ1n) is 19.3. The molecule has 0 saturated heterocycles. The Labute approximate surface area is 339 Å². The summed E-state index contributed by atoms with van der Waals surface area (Å²) in [6.07, 6.45) is 0. The van der Waals surface area contributed by atoms with Gasteiger partial charge in [-0.25, -0.2) is 19.9 Å². The Balaban J connectivity index is 1.16.